The van der Waals surface area contributed by atoms with Crippen LogP contribution >= 0.6 is 11.6 Å². The summed E-state index contributed by atoms with van der Waals surface area (Å²) in [6, 6.07) is 20.1. The first-order chi connectivity index (χ1) is 18.7. The molecule has 1 heterocycles. The molecule has 198 valence electrons. The van der Waals surface area contributed by atoms with E-state index in [1.165, 1.54) is 5.56 Å². The molecule has 0 saturated heterocycles. The third kappa shape index (κ3) is 4.93. The Bertz CT molecular complexity index is 1580. The second-order valence-corrected chi connectivity index (χ2v) is 10.9. The van der Waals surface area contributed by atoms with E-state index >= 15 is 0 Å². The van der Waals surface area contributed by atoms with Crippen molar-refractivity contribution in [2.24, 2.45) is 5.73 Å². The standard InChI is InChI=1S/C33H32ClN3O2/c1-19-8-12-25(13-9-19)39-18-23-14-20(2)15-26(22(23)4)31-27(17-35)33(36)37(28-6-5-7-30(38)32(28)31)29-16-24(34)11-10-21(29)3/h8-16,31H,5-7,18,36H2,1-4H3. The van der Waals surface area contributed by atoms with E-state index in [-0.39, 0.29) is 5.78 Å². The average Bonchev–Trinajstić information content (AvgIpc) is 2.91. The number of allylic oxidation sites excluding steroid dienone is 3. The van der Waals surface area contributed by atoms with Crippen LogP contribution in [0.15, 0.2) is 77.3 Å². The van der Waals surface area contributed by atoms with Gasteiger partial charge in [0.15, 0.2) is 5.78 Å². The molecule has 2 aliphatic rings. The third-order valence-corrected chi connectivity index (χ3v) is 7.99. The van der Waals surface area contributed by atoms with E-state index in [0.717, 1.165) is 51.4 Å². The number of aryl methyl sites for hydroxylation is 3. The predicted octanol–water partition coefficient (Wildman–Crippen LogP) is 7.46. The van der Waals surface area contributed by atoms with Gasteiger partial charge < -0.3 is 10.5 Å². The Morgan fingerprint density at radius 2 is 1.77 bits per heavy atom. The molecule has 3 aromatic rings. The molecule has 1 unspecified atom stereocenters. The Morgan fingerprint density at radius 3 is 2.49 bits per heavy atom. The van der Waals surface area contributed by atoms with Crippen LogP contribution in [0.3, 0.4) is 0 Å². The van der Waals surface area contributed by atoms with E-state index in [1.807, 2.05) is 75.1 Å². The smallest absolute Gasteiger partial charge is 0.161 e. The van der Waals surface area contributed by atoms with Crippen molar-refractivity contribution in [1.29, 1.82) is 5.26 Å². The lowest BCUT2D eigenvalue weighted by Gasteiger charge is -2.40. The van der Waals surface area contributed by atoms with Gasteiger partial charge in [0.05, 0.1) is 23.2 Å². The van der Waals surface area contributed by atoms with Gasteiger partial charge in [0.1, 0.15) is 18.2 Å². The first kappa shape index (κ1) is 26.6. The maximum atomic E-state index is 13.6. The Balaban J connectivity index is 1.65. The van der Waals surface area contributed by atoms with E-state index in [1.54, 1.807) is 0 Å². The number of carbonyl (C=O) groups excluding carboxylic acids is 1. The van der Waals surface area contributed by atoms with Crippen molar-refractivity contribution in [1.82, 2.24) is 0 Å². The average molecular weight is 538 g/mol. The molecular formula is C33H32ClN3O2. The van der Waals surface area contributed by atoms with Gasteiger partial charge in [-0.3, -0.25) is 9.69 Å². The molecule has 0 amide bonds. The first-order valence-corrected chi connectivity index (χ1v) is 13.6. The fraction of sp³-hybridized carbons (Fsp3) is 0.273. The molecule has 2 N–H and O–H groups in total. The molecule has 0 radical (unpaired) electrons. The molecule has 39 heavy (non-hydrogen) atoms. The number of benzene rings is 3. The second-order valence-electron chi connectivity index (χ2n) is 10.5. The van der Waals surface area contributed by atoms with E-state index < -0.39 is 5.92 Å². The van der Waals surface area contributed by atoms with Crippen molar-refractivity contribution >= 4 is 23.1 Å². The summed E-state index contributed by atoms with van der Waals surface area (Å²) in [5, 5.41) is 11.0. The summed E-state index contributed by atoms with van der Waals surface area (Å²) in [7, 11) is 0. The molecule has 1 atom stereocenters. The van der Waals surface area contributed by atoms with Gasteiger partial charge in [0.25, 0.3) is 0 Å². The number of nitrogens with zero attached hydrogens (tertiary/aromatic N) is 2. The summed E-state index contributed by atoms with van der Waals surface area (Å²) in [6.07, 6.45) is 1.87. The number of rotatable bonds is 5. The van der Waals surface area contributed by atoms with E-state index in [0.29, 0.717) is 41.4 Å². The number of Topliss-reactive ketones (excluding diaryl/α,β-unsaturated/α-hetero) is 1. The molecule has 1 aliphatic heterocycles. The van der Waals surface area contributed by atoms with E-state index in [4.69, 9.17) is 22.1 Å². The van der Waals surface area contributed by atoms with Crippen LogP contribution in [0.5, 0.6) is 5.75 Å². The highest BCUT2D eigenvalue weighted by atomic mass is 35.5. The van der Waals surface area contributed by atoms with Gasteiger partial charge in [-0.25, -0.2) is 0 Å². The predicted molar refractivity (Wildman–Crippen MR) is 156 cm³/mol. The highest BCUT2D eigenvalue weighted by Crippen LogP contribution is 2.48. The van der Waals surface area contributed by atoms with E-state index in [2.05, 4.69) is 18.2 Å². The minimum atomic E-state index is -0.536. The van der Waals surface area contributed by atoms with Crippen LogP contribution in [0.4, 0.5) is 5.69 Å². The summed E-state index contributed by atoms with van der Waals surface area (Å²) in [5.74, 6) is 0.665. The van der Waals surface area contributed by atoms with Crippen LogP contribution in [-0.2, 0) is 11.4 Å². The van der Waals surface area contributed by atoms with Gasteiger partial charge in [0.2, 0.25) is 0 Å². The normalized spacial score (nSPS) is 17.3. The van der Waals surface area contributed by atoms with E-state index in [9.17, 15) is 10.1 Å². The van der Waals surface area contributed by atoms with Crippen molar-refractivity contribution in [2.45, 2.75) is 59.5 Å². The molecule has 0 spiro atoms. The minimum Gasteiger partial charge on any atom is -0.489 e. The minimum absolute atomic E-state index is 0.0598. The molecule has 1 aliphatic carbocycles. The lowest BCUT2D eigenvalue weighted by molar-refractivity contribution is -0.116. The zero-order valence-corrected chi connectivity index (χ0v) is 23.5. The van der Waals surface area contributed by atoms with Crippen molar-refractivity contribution in [3.05, 3.63) is 116 Å². The SMILES string of the molecule is Cc1ccc(OCc2cc(C)cc(C3C(C#N)=C(N)N(c4cc(Cl)ccc4C)C4=C3C(=O)CCC4)c2C)cc1. The lowest BCUT2D eigenvalue weighted by Crippen LogP contribution is -2.39. The third-order valence-electron chi connectivity index (χ3n) is 7.75. The number of carbonyl (C=O) groups is 1. The summed E-state index contributed by atoms with van der Waals surface area (Å²) >= 11 is 6.38. The molecular weight excluding hydrogens is 506 g/mol. The maximum Gasteiger partial charge on any atom is 0.161 e. The van der Waals surface area contributed by atoms with Crippen molar-refractivity contribution in [2.75, 3.05) is 4.90 Å². The highest BCUT2D eigenvalue weighted by molar-refractivity contribution is 6.30. The molecule has 0 bridgehead atoms. The van der Waals surface area contributed by atoms with Crippen LogP contribution in [0.1, 0.15) is 58.6 Å². The number of ether oxygens (including phenoxy) is 1. The molecule has 5 nitrogen and oxygen atoms in total. The van der Waals surface area contributed by atoms with Crippen LogP contribution in [-0.4, -0.2) is 5.78 Å². The molecule has 0 saturated carbocycles. The molecule has 3 aromatic carbocycles. The summed E-state index contributed by atoms with van der Waals surface area (Å²) < 4.78 is 6.13. The van der Waals surface area contributed by atoms with Gasteiger partial charge in [-0.2, -0.15) is 5.26 Å². The van der Waals surface area contributed by atoms with Gasteiger partial charge >= 0.3 is 0 Å². The second kappa shape index (κ2) is 10.6. The molecule has 5 rings (SSSR count). The zero-order valence-electron chi connectivity index (χ0n) is 22.8. The fourth-order valence-electron chi connectivity index (χ4n) is 5.71. The lowest BCUT2D eigenvalue weighted by atomic mass is 9.73. The van der Waals surface area contributed by atoms with Gasteiger partial charge in [-0.05, 0) is 87.1 Å². The number of nitriles is 1. The number of hydrogen-bond donors (Lipinski definition) is 1. The number of nitrogens with two attached hydrogens (primary N) is 1. The Hall–Kier alpha value is -4.01. The number of halogens is 1. The van der Waals surface area contributed by atoms with Crippen LogP contribution in [0.25, 0.3) is 0 Å². The van der Waals surface area contributed by atoms with Crippen LogP contribution < -0.4 is 15.4 Å². The largest absolute Gasteiger partial charge is 0.489 e. The van der Waals surface area contributed by atoms with Crippen molar-refractivity contribution in [3.63, 3.8) is 0 Å². The molecule has 0 fully saturated rings. The van der Waals surface area contributed by atoms with Gasteiger partial charge in [-0.1, -0.05) is 53.1 Å². The van der Waals surface area contributed by atoms with Crippen LogP contribution in [0, 0.1) is 39.0 Å². The fourth-order valence-corrected chi connectivity index (χ4v) is 5.87. The topological polar surface area (TPSA) is 79.3 Å². The summed E-state index contributed by atoms with van der Waals surface area (Å²) in [4.78, 5) is 15.5. The van der Waals surface area contributed by atoms with Crippen LogP contribution in [0.2, 0.25) is 5.02 Å². The molecule has 6 heteroatoms. The summed E-state index contributed by atoms with van der Waals surface area (Å²) in [6.45, 7) is 8.47. The Kier molecular flexibility index (Phi) is 7.25. The van der Waals surface area contributed by atoms with Gasteiger partial charge in [0, 0.05) is 22.7 Å². The van der Waals surface area contributed by atoms with Gasteiger partial charge in [-0.15, -0.1) is 0 Å². The maximum absolute atomic E-state index is 13.6. The zero-order chi connectivity index (χ0) is 27.8. The van der Waals surface area contributed by atoms with Crippen molar-refractivity contribution < 1.29 is 9.53 Å². The highest BCUT2D eigenvalue weighted by Gasteiger charge is 2.41. The monoisotopic (exact) mass is 537 g/mol. The quantitative estimate of drug-likeness (QED) is 0.365. The number of anilines is 1. The summed E-state index contributed by atoms with van der Waals surface area (Å²) in [5.41, 5.74) is 15.6. The molecule has 0 aromatic heterocycles. The van der Waals surface area contributed by atoms with Crippen molar-refractivity contribution in [3.8, 4) is 11.8 Å². The first-order valence-electron chi connectivity index (χ1n) is 13.2. The Labute approximate surface area is 235 Å². The number of ketones is 1. The number of hydrogen-bond acceptors (Lipinski definition) is 5. The Morgan fingerprint density at radius 1 is 1.03 bits per heavy atom.